The average molecular weight is 457 g/mol. The van der Waals surface area contributed by atoms with Crippen LogP contribution in [0.2, 0.25) is 0 Å². The second-order valence-electron chi connectivity index (χ2n) is 8.02. The standard InChI is InChI=1S/C27H24N2O3S/c1-16(12-24(30)29-27-28-10-11-33-27)21-14-22-23(15-32-26(22)17(2)25(21)31-3)20-9-8-18-6-4-5-7-19(18)13-20/h4-9,12-15H,10-11H2,1-3H3,(H,28,29,30)/b16-12+. The molecule has 166 valence electrons. The molecule has 1 aliphatic heterocycles. The zero-order valence-corrected chi connectivity index (χ0v) is 19.6. The number of hydrogen-bond acceptors (Lipinski definition) is 5. The number of amidine groups is 1. The second kappa shape index (κ2) is 8.79. The molecule has 0 unspecified atom stereocenters. The lowest BCUT2D eigenvalue weighted by Crippen LogP contribution is -2.25. The zero-order valence-electron chi connectivity index (χ0n) is 18.8. The molecule has 1 aliphatic rings. The number of ether oxygens (including phenoxy) is 1. The summed E-state index contributed by atoms with van der Waals surface area (Å²) in [5.74, 6) is 1.42. The highest BCUT2D eigenvalue weighted by molar-refractivity contribution is 8.14. The van der Waals surface area contributed by atoms with Crippen LogP contribution in [-0.2, 0) is 4.79 Å². The first-order chi connectivity index (χ1) is 16.0. The maximum atomic E-state index is 12.6. The van der Waals surface area contributed by atoms with Gasteiger partial charge in [-0.05, 0) is 47.9 Å². The van der Waals surface area contributed by atoms with E-state index >= 15 is 0 Å². The molecule has 0 saturated carbocycles. The Morgan fingerprint density at radius 2 is 2.00 bits per heavy atom. The summed E-state index contributed by atoms with van der Waals surface area (Å²) in [5, 5.41) is 6.89. The lowest BCUT2D eigenvalue weighted by atomic mass is 9.95. The quantitative estimate of drug-likeness (QED) is 0.372. The van der Waals surface area contributed by atoms with Crippen molar-refractivity contribution in [3.8, 4) is 16.9 Å². The fraction of sp³-hybridized carbons (Fsp3) is 0.185. The number of fused-ring (bicyclic) bond motifs is 2. The van der Waals surface area contributed by atoms with Gasteiger partial charge in [-0.2, -0.15) is 0 Å². The van der Waals surface area contributed by atoms with E-state index in [2.05, 4.69) is 46.7 Å². The maximum absolute atomic E-state index is 12.6. The van der Waals surface area contributed by atoms with Gasteiger partial charge in [-0.1, -0.05) is 48.2 Å². The molecule has 5 rings (SSSR count). The molecule has 1 aromatic heterocycles. The summed E-state index contributed by atoms with van der Waals surface area (Å²) >= 11 is 1.56. The van der Waals surface area contributed by atoms with E-state index in [1.54, 1.807) is 31.2 Å². The Morgan fingerprint density at radius 1 is 1.18 bits per heavy atom. The molecule has 1 N–H and O–H groups in total. The van der Waals surface area contributed by atoms with Gasteiger partial charge in [0.2, 0.25) is 5.91 Å². The Hall–Kier alpha value is -3.51. The Morgan fingerprint density at radius 3 is 2.76 bits per heavy atom. The number of furan rings is 1. The molecule has 0 radical (unpaired) electrons. The van der Waals surface area contributed by atoms with Crippen molar-refractivity contribution in [2.45, 2.75) is 13.8 Å². The van der Waals surface area contributed by atoms with Crippen molar-refractivity contribution in [2.75, 3.05) is 19.4 Å². The largest absolute Gasteiger partial charge is 0.496 e. The van der Waals surface area contributed by atoms with E-state index in [0.717, 1.165) is 51.1 Å². The summed E-state index contributed by atoms with van der Waals surface area (Å²) < 4.78 is 11.7. The highest BCUT2D eigenvalue weighted by Crippen LogP contribution is 2.41. The predicted molar refractivity (Wildman–Crippen MR) is 137 cm³/mol. The predicted octanol–water partition coefficient (Wildman–Crippen LogP) is 6.19. The Balaban J connectivity index is 1.60. The number of rotatable bonds is 4. The van der Waals surface area contributed by atoms with Crippen LogP contribution in [0, 0.1) is 6.92 Å². The molecular formula is C27H24N2O3S. The molecule has 5 nitrogen and oxygen atoms in total. The molecular weight excluding hydrogens is 432 g/mol. The van der Waals surface area contributed by atoms with Crippen LogP contribution in [0.25, 0.3) is 38.4 Å². The number of hydrogen-bond donors (Lipinski definition) is 1. The molecule has 0 aliphatic carbocycles. The first-order valence-corrected chi connectivity index (χ1v) is 11.8. The van der Waals surface area contributed by atoms with Gasteiger partial charge in [0.1, 0.15) is 11.3 Å². The van der Waals surface area contributed by atoms with Crippen molar-refractivity contribution in [3.63, 3.8) is 0 Å². The average Bonchev–Trinajstić information content (AvgIpc) is 3.48. The van der Waals surface area contributed by atoms with Gasteiger partial charge in [-0.25, -0.2) is 0 Å². The van der Waals surface area contributed by atoms with Crippen LogP contribution in [0.3, 0.4) is 0 Å². The first-order valence-electron chi connectivity index (χ1n) is 10.8. The molecule has 0 saturated heterocycles. The van der Waals surface area contributed by atoms with Crippen molar-refractivity contribution in [1.29, 1.82) is 0 Å². The van der Waals surface area contributed by atoms with Crippen LogP contribution >= 0.6 is 11.8 Å². The van der Waals surface area contributed by atoms with E-state index in [1.165, 1.54) is 10.8 Å². The van der Waals surface area contributed by atoms with Crippen LogP contribution in [0.15, 0.2) is 70.3 Å². The summed E-state index contributed by atoms with van der Waals surface area (Å²) in [5.41, 5.74) is 5.45. The summed E-state index contributed by atoms with van der Waals surface area (Å²) in [6.45, 7) is 4.64. The molecule has 33 heavy (non-hydrogen) atoms. The van der Waals surface area contributed by atoms with Gasteiger partial charge in [0.15, 0.2) is 5.17 Å². The third kappa shape index (κ3) is 4.02. The van der Waals surface area contributed by atoms with Gasteiger partial charge < -0.3 is 14.5 Å². The summed E-state index contributed by atoms with van der Waals surface area (Å²) in [6, 6.07) is 16.8. The number of thioether (sulfide) groups is 1. The van der Waals surface area contributed by atoms with Gasteiger partial charge in [0.25, 0.3) is 0 Å². The van der Waals surface area contributed by atoms with Gasteiger partial charge in [0, 0.05) is 33.9 Å². The lowest BCUT2D eigenvalue weighted by Gasteiger charge is -2.13. The van der Waals surface area contributed by atoms with Crippen LogP contribution < -0.4 is 10.1 Å². The van der Waals surface area contributed by atoms with Crippen molar-refractivity contribution < 1.29 is 13.9 Å². The number of allylic oxidation sites excluding steroid dienone is 1. The third-order valence-electron chi connectivity index (χ3n) is 5.90. The zero-order chi connectivity index (χ0) is 22.9. The van der Waals surface area contributed by atoms with E-state index in [1.807, 2.05) is 26.0 Å². The SMILES string of the molecule is COc1c(/C(C)=C/C(=O)NC2=NCCS2)cc2c(-c3ccc4ccccc4c3)coc2c1C. The van der Waals surface area contributed by atoms with E-state index in [-0.39, 0.29) is 5.91 Å². The van der Waals surface area contributed by atoms with Crippen LogP contribution in [0.1, 0.15) is 18.1 Å². The summed E-state index contributed by atoms with van der Waals surface area (Å²) in [4.78, 5) is 16.8. The number of methoxy groups -OCH3 is 1. The van der Waals surface area contributed by atoms with Crippen LogP contribution in [-0.4, -0.2) is 30.5 Å². The van der Waals surface area contributed by atoms with Gasteiger partial charge >= 0.3 is 0 Å². The molecule has 4 aromatic rings. The van der Waals surface area contributed by atoms with Crippen LogP contribution in [0.4, 0.5) is 0 Å². The van der Waals surface area contributed by atoms with E-state index < -0.39 is 0 Å². The smallest absolute Gasteiger partial charge is 0.250 e. The fourth-order valence-corrected chi connectivity index (χ4v) is 5.01. The number of benzene rings is 3. The summed E-state index contributed by atoms with van der Waals surface area (Å²) in [6.07, 6.45) is 3.40. The minimum Gasteiger partial charge on any atom is -0.496 e. The molecule has 1 amide bonds. The van der Waals surface area contributed by atoms with Gasteiger partial charge in [-0.3, -0.25) is 9.79 Å². The highest BCUT2D eigenvalue weighted by atomic mass is 32.2. The first kappa shape index (κ1) is 21.3. The molecule has 6 heteroatoms. The van der Waals surface area contributed by atoms with Crippen molar-refractivity contribution in [3.05, 3.63) is 72.0 Å². The van der Waals surface area contributed by atoms with Gasteiger partial charge in [-0.15, -0.1) is 0 Å². The number of carbonyl (C=O) groups is 1. The monoisotopic (exact) mass is 456 g/mol. The van der Waals surface area contributed by atoms with E-state index in [0.29, 0.717) is 10.9 Å². The Labute approximate surface area is 196 Å². The Kier molecular flexibility index (Phi) is 5.68. The molecule has 0 bridgehead atoms. The minimum absolute atomic E-state index is 0.192. The molecule has 0 spiro atoms. The topological polar surface area (TPSA) is 63.8 Å². The van der Waals surface area contributed by atoms with Crippen LogP contribution in [0.5, 0.6) is 5.75 Å². The maximum Gasteiger partial charge on any atom is 0.250 e. The number of aryl methyl sites for hydroxylation is 1. The highest BCUT2D eigenvalue weighted by Gasteiger charge is 2.19. The molecule has 0 atom stereocenters. The van der Waals surface area contributed by atoms with Crippen molar-refractivity contribution in [2.24, 2.45) is 4.99 Å². The second-order valence-corrected chi connectivity index (χ2v) is 9.11. The number of carbonyl (C=O) groups excluding carboxylic acids is 1. The minimum atomic E-state index is -0.192. The van der Waals surface area contributed by atoms with E-state index in [4.69, 9.17) is 9.15 Å². The lowest BCUT2D eigenvalue weighted by molar-refractivity contribution is -0.115. The molecule has 0 fully saturated rings. The molecule has 3 aromatic carbocycles. The molecule has 2 heterocycles. The van der Waals surface area contributed by atoms with E-state index in [9.17, 15) is 4.79 Å². The number of nitrogens with one attached hydrogen (secondary N) is 1. The number of nitrogens with zero attached hydrogens (tertiary/aromatic N) is 1. The van der Waals surface area contributed by atoms with Crippen molar-refractivity contribution in [1.82, 2.24) is 5.32 Å². The third-order valence-corrected chi connectivity index (χ3v) is 6.79. The summed E-state index contributed by atoms with van der Waals surface area (Å²) in [7, 11) is 1.64. The fourth-order valence-electron chi connectivity index (χ4n) is 4.28. The normalized spacial score (nSPS) is 14.0. The number of amides is 1. The number of aliphatic imine (C=N–C) groups is 1. The van der Waals surface area contributed by atoms with Gasteiger partial charge in [0.05, 0.1) is 19.9 Å². The Bertz CT molecular complexity index is 1450. The van der Waals surface area contributed by atoms with Crippen molar-refractivity contribution >= 4 is 50.2 Å².